The standard InChI is InChI=1S/C25H35N3O3/c1-31-18-8-15-28-24(30)27(20-22-11-6-3-7-12-22)23(29)25(28)13-16-26(17-14-25)19-21-9-4-2-5-10-21/h2-4,6-7,11-12,21H,5,8-10,13-20H2,1H3/t21-/m1/s1. The van der Waals surface area contributed by atoms with Crippen molar-refractivity contribution >= 4 is 11.9 Å². The Labute approximate surface area is 185 Å². The monoisotopic (exact) mass is 425 g/mol. The number of carbonyl (C=O) groups excluding carboxylic acids is 2. The molecule has 1 aromatic carbocycles. The van der Waals surface area contributed by atoms with Crippen LogP contribution >= 0.6 is 0 Å². The van der Waals surface area contributed by atoms with Gasteiger partial charge in [-0.15, -0.1) is 0 Å². The molecule has 0 radical (unpaired) electrons. The van der Waals surface area contributed by atoms with Crippen molar-refractivity contribution in [3.05, 3.63) is 48.0 Å². The molecule has 4 rings (SSSR count). The molecule has 6 nitrogen and oxygen atoms in total. The number of carbonyl (C=O) groups is 2. The van der Waals surface area contributed by atoms with Gasteiger partial charge in [-0.25, -0.2) is 4.79 Å². The summed E-state index contributed by atoms with van der Waals surface area (Å²) < 4.78 is 5.21. The van der Waals surface area contributed by atoms with Crippen molar-refractivity contribution in [2.75, 3.05) is 39.9 Å². The van der Waals surface area contributed by atoms with E-state index in [4.69, 9.17) is 4.74 Å². The summed E-state index contributed by atoms with van der Waals surface area (Å²) in [5.74, 6) is 0.700. The molecule has 0 bridgehead atoms. The van der Waals surface area contributed by atoms with Crippen LogP contribution < -0.4 is 0 Å². The van der Waals surface area contributed by atoms with Gasteiger partial charge in [-0.05, 0) is 50.0 Å². The Balaban J connectivity index is 1.47. The largest absolute Gasteiger partial charge is 0.385 e. The number of amides is 3. The van der Waals surface area contributed by atoms with Gasteiger partial charge < -0.3 is 14.5 Å². The van der Waals surface area contributed by atoms with Crippen LogP contribution in [0.15, 0.2) is 42.5 Å². The fraction of sp³-hybridized carbons (Fsp3) is 0.600. The lowest BCUT2D eigenvalue weighted by Crippen LogP contribution is -2.57. The third kappa shape index (κ3) is 4.70. The minimum Gasteiger partial charge on any atom is -0.385 e. The average Bonchev–Trinajstić information content (AvgIpc) is 2.99. The lowest BCUT2D eigenvalue weighted by atomic mass is 9.84. The number of hydrogen-bond donors (Lipinski definition) is 0. The first-order valence-electron chi connectivity index (χ1n) is 11.7. The zero-order chi connectivity index (χ0) is 21.7. The van der Waals surface area contributed by atoms with Crippen molar-refractivity contribution in [2.45, 2.75) is 50.6 Å². The SMILES string of the molecule is COCCCN1C(=O)N(Cc2ccccc2)C(=O)C12CCN(C[C@@H]1CC=CCC1)CC2. The second-order valence-electron chi connectivity index (χ2n) is 9.14. The first-order chi connectivity index (χ1) is 15.1. The van der Waals surface area contributed by atoms with Gasteiger partial charge in [-0.1, -0.05) is 42.5 Å². The van der Waals surface area contributed by atoms with Crippen LogP contribution in [-0.4, -0.2) is 72.1 Å². The highest BCUT2D eigenvalue weighted by Gasteiger charge is 2.57. The van der Waals surface area contributed by atoms with Crippen molar-refractivity contribution in [2.24, 2.45) is 5.92 Å². The molecule has 2 fully saturated rings. The van der Waals surface area contributed by atoms with Crippen LogP contribution in [0.25, 0.3) is 0 Å². The molecule has 3 aliphatic rings. The second kappa shape index (κ2) is 9.96. The fourth-order valence-electron chi connectivity index (χ4n) is 5.34. The number of urea groups is 1. The van der Waals surface area contributed by atoms with E-state index in [0.717, 1.165) is 50.9 Å². The Morgan fingerprint density at radius 1 is 1.10 bits per heavy atom. The van der Waals surface area contributed by atoms with Gasteiger partial charge in [0.2, 0.25) is 0 Å². The first-order valence-corrected chi connectivity index (χ1v) is 11.7. The molecule has 0 N–H and O–H groups in total. The summed E-state index contributed by atoms with van der Waals surface area (Å²) >= 11 is 0. The minimum absolute atomic E-state index is 0.0148. The molecule has 1 aliphatic carbocycles. The summed E-state index contributed by atoms with van der Waals surface area (Å²) in [4.78, 5) is 32.8. The molecule has 168 valence electrons. The van der Waals surface area contributed by atoms with E-state index >= 15 is 0 Å². The zero-order valence-electron chi connectivity index (χ0n) is 18.7. The molecule has 3 amide bonds. The van der Waals surface area contributed by atoms with Crippen LogP contribution in [0.5, 0.6) is 0 Å². The molecule has 1 aromatic rings. The summed E-state index contributed by atoms with van der Waals surface area (Å²) in [6, 6.07) is 9.66. The Bertz CT molecular complexity index is 786. The van der Waals surface area contributed by atoms with Crippen molar-refractivity contribution < 1.29 is 14.3 Å². The second-order valence-corrected chi connectivity index (χ2v) is 9.14. The maximum atomic E-state index is 13.6. The molecule has 2 aliphatic heterocycles. The number of methoxy groups -OCH3 is 1. The number of rotatable bonds is 8. The molecule has 1 spiro atoms. The van der Waals surface area contributed by atoms with Crippen LogP contribution in [0.2, 0.25) is 0 Å². The Morgan fingerprint density at radius 3 is 2.55 bits per heavy atom. The van der Waals surface area contributed by atoms with Crippen LogP contribution in [0.3, 0.4) is 0 Å². The van der Waals surface area contributed by atoms with Crippen LogP contribution in [-0.2, 0) is 16.1 Å². The number of imide groups is 1. The summed E-state index contributed by atoms with van der Waals surface area (Å²) in [5, 5.41) is 0. The molecule has 31 heavy (non-hydrogen) atoms. The van der Waals surface area contributed by atoms with E-state index in [-0.39, 0.29) is 11.9 Å². The van der Waals surface area contributed by atoms with E-state index < -0.39 is 5.54 Å². The minimum atomic E-state index is -0.692. The fourth-order valence-corrected chi connectivity index (χ4v) is 5.34. The topological polar surface area (TPSA) is 53.1 Å². The summed E-state index contributed by atoms with van der Waals surface area (Å²) in [5.41, 5.74) is 0.295. The molecule has 6 heteroatoms. The summed E-state index contributed by atoms with van der Waals surface area (Å²) in [6.45, 7) is 4.35. The van der Waals surface area contributed by atoms with Crippen molar-refractivity contribution in [3.8, 4) is 0 Å². The van der Waals surface area contributed by atoms with E-state index in [1.807, 2.05) is 35.2 Å². The smallest absolute Gasteiger partial charge is 0.327 e. The van der Waals surface area contributed by atoms with Gasteiger partial charge in [0.15, 0.2) is 0 Å². The first kappa shape index (κ1) is 22.0. The lowest BCUT2D eigenvalue weighted by molar-refractivity contribution is -0.136. The number of benzene rings is 1. The normalized spacial score (nSPS) is 23.8. The third-order valence-corrected chi connectivity index (χ3v) is 7.11. The van der Waals surface area contributed by atoms with Gasteiger partial charge in [0.05, 0.1) is 6.54 Å². The summed E-state index contributed by atoms with van der Waals surface area (Å²) in [6.07, 6.45) is 10.4. The van der Waals surface area contributed by atoms with Gasteiger partial charge in [-0.3, -0.25) is 9.69 Å². The Kier molecular flexibility index (Phi) is 7.08. The number of ether oxygens (including phenoxy) is 1. The van der Waals surface area contributed by atoms with Crippen molar-refractivity contribution in [1.29, 1.82) is 0 Å². The maximum absolute atomic E-state index is 13.6. The third-order valence-electron chi connectivity index (χ3n) is 7.11. The highest BCUT2D eigenvalue weighted by atomic mass is 16.5. The van der Waals surface area contributed by atoms with Crippen LogP contribution in [0.4, 0.5) is 4.79 Å². The molecule has 1 atom stereocenters. The van der Waals surface area contributed by atoms with Gasteiger partial charge in [0.25, 0.3) is 5.91 Å². The Morgan fingerprint density at radius 2 is 1.87 bits per heavy atom. The number of hydrogen-bond acceptors (Lipinski definition) is 4. The average molecular weight is 426 g/mol. The highest BCUT2D eigenvalue weighted by molar-refractivity contribution is 6.07. The van der Waals surface area contributed by atoms with Crippen molar-refractivity contribution in [1.82, 2.24) is 14.7 Å². The van der Waals surface area contributed by atoms with E-state index in [2.05, 4.69) is 17.1 Å². The van der Waals surface area contributed by atoms with E-state index in [1.165, 1.54) is 17.7 Å². The van der Waals surface area contributed by atoms with Crippen LogP contribution in [0, 0.1) is 5.92 Å². The van der Waals surface area contributed by atoms with Gasteiger partial charge in [0.1, 0.15) is 5.54 Å². The van der Waals surface area contributed by atoms with Gasteiger partial charge >= 0.3 is 6.03 Å². The zero-order valence-corrected chi connectivity index (χ0v) is 18.7. The lowest BCUT2D eigenvalue weighted by Gasteiger charge is -2.43. The molecular weight excluding hydrogens is 390 g/mol. The summed E-state index contributed by atoms with van der Waals surface area (Å²) in [7, 11) is 1.67. The molecule has 2 heterocycles. The van der Waals surface area contributed by atoms with E-state index in [9.17, 15) is 9.59 Å². The predicted octanol–water partition coefficient (Wildman–Crippen LogP) is 3.68. The maximum Gasteiger partial charge on any atom is 0.327 e. The number of nitrogens with zero attached hydrogens (tertiary/aromatic N) is 3. The highest BCUT2D eigenvalue weighted by Crippen LogP contribution is 2.38. The molecule has 2 saturated heterocycles. The van der Waals surface area contributed by atoms with E-state index in [0.29, 0.717) is 25.6 Å². The number of piperidine rings is 1. The van der Waals surface area contributed by atoms with Crippen LogP contribution in [0.1, 0.15) is 44.1 Å². The molecule has 0 saturated carbocycles. The van der Waals surface area contributed by atoms with Crippen molar-refractivity contribution in [3.63, 3.8) is 0 Å². The number of allylic oxidation sites excluding steroid dienone is 2. The molecule has 0 aromatic heterocycles. The molecule has 0 unspecified atom stereocenters. The van der Waals surface area contributed by atoms with Gasteiger partial charge in [0, 0.05) is 39.9 Å². The molecular formula is C25H35N3O3. The quantitative estimate of drug-likeness (QED) is 0.362. The van der Waals surface area contributed by atoms with E-state index in [1.54, 1.807) is 7.11 Å². The Hall–Kier alpha value is -2.18. The predicted molar refractivity (Wildman–Crippen MR) is 120 cm³/mol. The number of likely N-dealkylation sites (tertiary alicyclic amines) is 1. The van der Waals surface area contributed by atoms with Gasteiger partial charge in [-0.2, -0.15) is 0 Å².